The highest BCUT2D eigenvalue weighted by molar-refractivity contribution is 6.23. The summed E-state index contributed by atoms with van der Waals surface area (Å²) in [6, 6.07) is 57.4. The van der Waals surface area contributed by atoms with E-state index >= 15 is 0 Å². The number of hydrogen-bond acceptors (Lipinski definition) is 3. The van der Waals surface area contributed by atoms with Crippen LogP contribution in [0.5, 0.6) is 11.5 Å². The van der Waals surface area contributed by atoms with Crippen LogP contribution in [0.4, 0.5) is 11.4 Å². The molecule has 1 aliphatic rings. The van der Waals surface area contributed by atoms with Crippen LogP contribution in [0.15, 0.2) is 182 Å². The predicted octanol–water partition coefficient (Wildman–Crippen LogP) is 19.4. The van der Waals surface area contributed by atoms with Gasteiger partial charge >= 0.3 is 0 Å². The van der Waals surface area contributed by atoms with Gasteiger partial charge in [0.25, 0.3) is 0 Å². The van der Waals surface area contributed by atoms with Crippen LogP contribution in [-0.2, 0) is 29.3 Å². The second kappa shape index (κ2) is 17.9. The maximum absolute atomic E-state index is 9.73. The second-order valence-electron chi connectivity index (χ2n) is 22.5. The van der Waals surface area contributed by atoms with Crippen LogP contribution < -0.4 is 9.64 Å². The summed E-state index contributed by atoms with van der Waals surface area (Å²) in [5.74, 6) is 1.61. The number of anilines is 2. The predicted molar refractivity (Wildman–Crippen MR) is 319 cm³/mol. The van der Waals surface area contributed by atoms with Gasteiger partial charge in [-0.2, -0.15) is 0 Å². The van der Waals surface area contributed by atoms with Crippen LogP contribution in [0.25, 0.3) is 82.1 Å². The molecule has 0 saturated heterocycles. The fourth-order valence-corrected chi connectivity index (χ4v) is 11.2. The molecule has 374 valence electrons. The average molecular weight is 992 g/mol. The van der Waals surface area contributed by atoms with Crippen molar-refractivity contribution >= 4 is 76.5 Å². The van der Waals surface area contributed by atoms with Gasteiger partial charge in [-0.05, 0) is 126 Å². The molecule has 0 bridgehead atoms. The van der Waals surface area contributed by atoms with Gasteiger partial charge in [0, 0.05) is 66.2 Å². The van der Waals surface area contributed by atoms with Crippen molar-refractivity contribution in [1.29, 1.82) is 0 Å². The van der Waals surface area contributed by atoms with Crippen molar-refractivity contribution in [3.8, 4) is 28.4 Å². The van der Waals surface area contributed by atoms with E-state index in [0.29, 0.717) is 44.7 Å². The lowest BCUT2D eigenvalue weighted by Gasteiger charge is -2.27. The number of nitrogens with zero attached hydrogens (tertiary/aromatic N) is 4. The summed E-state index contributed by atoms with van der Waals surface area (Å²) in [5, 5.41) is 6.90. The van der Waals surface area contributed by atoms with E-state index < -0.39 is 43.7 Å². The van der Waals surface area contributed by atoms with Crippen molar-refractivity contribution < 1.29 is 19.8 Å². The van der Waals surface area contributed by atoms with Gasteiger partial charge in [0.05, 0.1) is 27.8 Å². The fourth-order valence-electron chi connectivity index (χ4n) is 11.2. The summed E-state index contributed by atoms with van der Waals surface area (Å²) in [6.45, 7) is 5.82. The van der Waals surface area contributed by atoms with Gasteiger partial charge in [-0.3, -0.25) is 4.57 Å². The smallest absolute Gasteiger partial charge is 0.137 e. The standard InChI is InChI=1S/C70H68N4O/c1-44(2)36-45-20-16-27-58-60-28-18-26-53(46-37-48(69(6,7)8)39-49(38-46)70(9,10)11)66(60)73-43-72(62-31-19-29-59(67(62)73)54-23-12-13-25-57(54)65(45)58)50-21-17-22-51(41-50)75-52-32-33-56-55-24-14-15-30-61(55)74(63(56)42-52)64-40-47(34-35-71-64)68(3,4)5/h12-35,37-42,44H,36,43H2,1-11H3/i6D3,7D3,8D3,36D2. The maximum atomic E-state index is 9.73. The Morgan fingerprint density at radius 2 is 1.17 bits per heavy atom. The quantitative estimate of drug-likeness (QED) is 0.160. The number of benzene rings is 8. The molecule has 0 unspecified atom stereocenters. The Morgan fingerprint density at radius 3 is 1.93 bits per heavy atom. The van der Waals surface area contributed by atoms with Crippen LogP contribution in [0.3, 0.4) is 0 Å². The molecule has 0 spiro atoms. The Bertz CT molecular complexity index is 4570. The van der Waals surface area contributed by atoms with Gasteiger partial charge in [-0.15, -0.1) is 0 Å². The van der Waals surface area contributed by atoms with Gasteiger partial charge in [-0.25, -0.2) is 4.98 Å². The van der Waals surface area contributed by atoms with E-state index in [-0.39, 0.29) is 17.6 Å². The number of aromatic nitrogens is 3. The first-order chi connectivity index (χ1) is 40.4. The first-order valence-corrected chi connectivity index (χ1v) is 25.9. The van der Waals surface area contributed by atoms with Gasteiger partial charge in [0.2, 0.25) is 0 Å². The zero-order chi connectivity index (χ0) is 61.4. The molecule has 11 aromatic rings. The molecule has 5 nitrogen and oxygen atoms in total. The lowest BCUT2D eigenvalue weighted by molar-refractivity contribution is 0.483. The summed E-state index contributed by atoms with van der Waals surface area (Å²) in [6.07, 6.45) is 0.0725. The summed E-state index contributed by atoms with van der Waals surface area (Å²) >= 11 is 0. The van der Waals surface area contributed by atoms with Crippen molar-refractivity contribution in [3.63, 3.8) is 0 Å². The molecular weight excluding hydrogens is 913 g/mol. The highest BCUT2D eigenvalue weighted by Crippen LogP contribution is 2.47. The minimum absolute atomic E-state index is 0.0952. The minimum Gasteiger partial charge on any atom is -0.457 e. The lowest BCUT2D eigenvalue weighted by Crippen LogP contribution is -2.17. The largest absolute Gasteiger partial charge is 0.457 e. The molecule has 1 aliphatic heterocycles. The van der Waals surface area contributed by atoms with Crippen LogP contribution >= 0.6 is 0 Å². The first-order valence-electron chi connectivity index (χ1n) is 31.4. The zero-order valence-corrected chi connectivity index (χ0v) is 43.8. The molecule has 0 fully saturated rings. The SMILES string of the molecule is [2H]C([2H])(c1cccc2c3cccc(-c4cc(C(C)(C)C)cc(C(C([2H])([2H])[2H])(C([2H])([2H])[2H])C([2H])([2H])[2H])c4)c3n3c4c(cccc4c4ccccc4c12)N(c1cccc(Oc2ccc4c5ccccc5n(-c5cc(C(C)(C)C)ccn5)c4c2)c1)C3)C(C)C. The number of hydrogen-bond donors (Lipinski definition) is 0. The summed E-state index contributed by atoms with van der Waals surface area (Å²) in [7, 11) is 0. The topological polar surface area (TPSA) is 35.2 Å². The highest BCUT2D eigenvalue weighted by atomic mass is 16.5. The third kappa shape index (κ3) is 8.47. The Morgan fingerprint density at radius 1 is 0.547 bits per heavy atom. The molecule has 75 heavy (non-hydrogen) atoms. The van der Waals surface area contributed by atoms with Crippen molar-refractivity contribution in [2.75, 3.05) is 4.90 Å². The van der Waals surface area contributed by atoms with E-state index in [9.17, 15) is 2.74 Å². The molecule has 0 atom stereocenters. The Balaban J connectivity index is 1.13. The molecule has 8 aromatic carbocycles. The van der Waals surface area contributed by atoms with Gasteiger partial charge in [0.1, 0.15) is 24.0 Å². The van der Waals surface area contributed by atoms with Crippen LogP contribution in [0.1, 0.15) is 113 Å². The molecule has 0 radical (unpaired) electrons. The van der Waals surface area contributed by atoms with E-state index in [1.165, 1.54) is 17.7 Å². The van der Waals surface area contributed by atoms with E-state index in [2.05, 4.69) is 89.4 Å². The third-order valence-corrected chi connectivity index (χ3v) is 14.8. The first kappa shape index (κ1) is 36.9. The Labute approximate surface area is 457 Å². The summed E-state index contributed by atoms with van der Waals surface area (Å²) in [5.41, 5.74) is 3.91. The molecule has 0 N–H and O–H groups in total. The molecule has 3 aromatic heterocycles. The monoisotopic (exact) mass is 992 g/mol. The van der Waals surface area contributed by atoms with E-state index in [1.54, 1.807) is 0 Å². The Hall–Kier alpha value is -7.89. The molecule has 5 heteroatoms. The van der Waals surface area contributed by atoms with Crippen molar-refractivity contribution in [3.05, 3.63) is 204 Å². The third-order valence-electron chi connectivity index (χ3n) is 14.8. The van der Waals surface area contributed by atoms with Crippen LogP contribution in [-0.4, -0.2) is 14.1 Å². The zero-order valence-electron chi connectivity index (χ0n) is 54.8. The molecular formula is C70H68N4O. The van der Waals surface area contributed by atoms with E-state index in [1.807, 2.05) is 150 Å². The van der Waals surface area contributed by atoms with Crippen molar-refractivity contribution in [2.45, 2.75) is 105 Å². The van der Waals surface area contributed by atoms with Crippen LogP contribution in [0, 0.1) is 5.92 Å². The van der Waals surface area contributed by atoms with Gasteiger partial charge in [-0.1, -0.05) is 191 Å². The lowest BCUT2D eigenvalue weighted by atomic mass is 9.78. The highest BCUT2D eigenvalue weighted by Gasteiger charge is 2.28. The molecule has 12 rings (SSSR count). The van der Waals surface area contributed by atoms with Crippen molar-refractivity contribution in [1.82, 2.24) is 14.1 Å². The number of rotatable bonds is 7. The second-order valence-corrected chi connectivity index (χ2v) is 22.5. The molecule has 0 amide bonds. The maximum Gasteiger partial charge on any atom is 0.137 e. The molecule has 0 aliphatic carbocycles. The number of ether oxygens (including phenoxy) is 1. The summed E-state index contributed by atoms with van der Waals surface area (Å²) in [4.78, 5) is 7.12. The normalized spacial score (nSPS) is 16.0. The van der Waals surface area contributed by atoms with Gasteiger partial charge < -0.3 is 14.2 Å². The van der Waals surface area contributed by atoms with E-state index in [0.717, 1.165) is 71.4 Å². The van der Waals surface area contributed by atoms with E-state index in [4.69, 9.17) is 22.1 Å². The Kier molecular flexibility index (Phi) is 8.82. The molecule has 4 heterocycles. The number of pyridine rings is 1. The molecule has 0 saturated carbocycles. The minimum atomic E-state index is -3.51. The van der Waals surface area contributed by atoms with Crippen molar-refractivity contribution in [2.24, 2.45) is 5.92 Å². The average Bonchev–Trinajstić information content (AvgIpc) is 1.06. The fraction of sp³-hybridized carbons (Fsp3) is 0.243. The summed E-state index contributed by atoms with van der Waals surface area (Å²) < 4.78 is 111. The number of para-hydroxylation sites is 3. The van der Waals surface area contributed by atoms with Crippen LogP contribution in [0.2, 0.25) is 0 Å². The van der Waals surface area contributed by atoms with Gasteiger partial charge in [0.15, 0.2) is 0 Å². The number of fused-ring (bicyclic) bond motifs is 10.